The minimum atomic E-state index is 0.435. The van der Waals surface area contributed by atoms with Crippen molar-refractivity contribution in [1.82, 2.24) is 14.9 Å². The normalized spacial score (nSPS) is 20.8. The number of aromatic nitrogens is 2. The van der Waals surface area contributed by atoms with Crippen molar-refractivity contribution in [3.05, 3.63) is 11.9 Å². The molecule has 1 atom stereocenters. The van der Waals surface area contributed by atoms with E-state index in [0.717, 1.165) is 43.5 Å². The van der Waals surface area contributed by atoms with E-state index in [9.17, 15) is 0 Å². The molecule has 1 N–H and O–H groups in total. The van der Waals surface area contributed by atoms with Crippen molar-refractivity contribution in [3.63, 3.8) is 0 Å². The van der Waals surface area contributed by atoms with Crippen molar-refractivity contribution in [3.8, 4) is 0 Å². The van der Waals surface area contributed by atoms with Gasteiger partial charge in [-0.15, -0.1) is 0 Å². The number of hydrogen-bond donors (Lipinski definition) is 1. The Morgan fingerprint density at radius 2 is 2.20 bits per heavy atom. The largest absolute Gasteiger partial charge is 0.377 e. The van der Waals surface area contributed by atoms with Crippen LogP contribution in [0.1, 0.15) is 19.2 Å². The van der Waals surface area contributed by atoms with Crippen LogP contribution in [-0.4, -0.2) is 61.7 Å². The number of rotatable bonds is 4. The summed E-state index contributed by atoms with van der Waals surface area (Å²) in [6, 6.07) is 2.46. The number of likely N-dealkylation sites (N-methyl/N-ethyl adjacent to an activating group) is 1. The lowest BCUT2D eigenvalue weighted by Gasteiger charge is -2.29. The standard InChI is InChI=1S/C14H25N5O/c1-11-9-18(3)6-5-7-19(11)14-8-12(15-2)16-13(17-14)10-20-4/h8,11H,5-7,9-10H2,1-4H3,(H,15,16,17). The van der Waals surface area contributed by atoms with Crippen molar-refractivity contribution in [2.45, 2.75) is 26.0 Å². The van der Waals surface area contributed by atoms with Crippen molar-refractivity contribution >= 4 is 11.6 Å². The van der Waals surface area contributed by atoms with E-state index in [4.69, 9.17) is 4.74 Å². The molecular formula is C14H25N5O. The second-order valence-corrected chi connectivity index (χ2v) is 5.37. The highest BCUT2D eigenvalue weighted by molar-refractivity contribution is 5.50. The summed E-state index contributed by atoms with van der Waals surface area (Å²) >= 11 is 0. The molecule has 1 saturated heterocycles. The van der Waals surface area contributed by atoms with Crippen LogP contribution in [0.2, 0.25) is 0 Å². The van der Waals surface area contributed by atoms with Crippen LogP contribution >= 0.6 is 0 Å². The first-order valence-electron chi connectivity index (χ1n) is 7.14. The van der Waals surface area contributed by atoms with Gasteiger partial charge in [-0.25, -0.2) is 9.97 Å². The molecular weight excluding hydrogens is 254 g/mol. The molecule has 1 aromatic rings. The van der Waals surface area contributed by atoms with E-state index in [1.54, 1.807) is 7.11 Å². The molecule has 2 rings (SSSR count). The number of methoxy groups -OCH3 is 1. The summed E-state index contributed by atoms with van der Waals surface area (Å²) in [6.45, 7) is 5.90. The van der Waals surface area contributed by atoms with Crippen LogP contribution in [0.25, 0.3) is 0 Å². The average Bonchev–Trinajstić information content (AvgIpc) is 2.59. The van der Waals surface area contributed by atoms with Crippen LogP contribution < -0.4 is 10.2 Å². The predicted octanol–water partition coefficient (Wildman–Crippen LogP) is 1.20. The summed E-state index contributed by atoms with van der Waals surface area (Å²) in [5.74, 6) is 2.55. The topological polar surface area (TPSA) is 53.5 Å². The Morgan fingerprint density at radius 3 is 2.90 bits per heavy atom. The molecule has 1 aromatic heterocycles. The molecule has 0 amide bonds. The van der Waals surface area contributed by atoms with Gasteiger partial charge in [0.2, 0.25) is 0 Å². The molecule has 0 saturated carbocycles. The SMILES string of the molecule is CNc1cc(N2CCCN(C)CC2C)nc(COC)n1. The van der Waals surface area contributed by atoms with E-state index >= 15 is 0 Å². The first kappa shape index (κ1) is 15.0. The van der Waals surface area contributed by atoms with E-state index in [2.05, 4.69) is 39.1 Å². The summed E-state index contributed by atoms with van der Waals surface area (Å²) in [5, 5.41) is 3.10. The highest BCUT2D eigenvalue weighted by Gasteiger charge is 2.21. The van der Waals surface area contributed by atoms with Crippen LogP contribution in [0.15, 0.2) is 6.07 Å². The van der Waals surface area contributed by atoms with Crippen LogP contribution in [0.3, 0.4) is 0 Å². The molecule has 20 heavy (non-hydrogen) atoms. The quantitative estimate of drug-likeness (QED) is 0.893. The summed E-state index contributed by atoms with van der Waals surface area (Å²) in [5.41, 5.74) is 0. The van der Waals surface area contributed by atoms with Crippen molar-refractivity contribution in [2.75, 3.05) is 51.1 Å². The number of anilines is 2. The van der Waals surface area contributed by atoms with Crippen LogP contribution in [0.4, 0.5) is 11.6 Å². The van der Waals surface area contributed by atoms with Gasteiger partial charge in [0.25, 0.3) is 0 Å². The predicted molar refractivity (Wildman–Crippen MR) is 81.2 cm³/mol. The lowest BCUT2D eigenvalue weighted by molar-refractivity contribution is 0.178. The zero-order valence-corrected chi connectivity index (χ0v) is 12.9. The molecule has 6 nitrogen and oxygen atoms in total. The van der Waals surface area contributed by atoms with E-state index in [1.165, 1.54) is 0 Å². The first-order chi connectivity index (χ1) is 9.63. The van der Waals surface area contributed by atoms with Gasteiger partial charge in [-0.05, 0) is 26.9 Å². The van der Waals surface area contributed by atoms with Crippen LogP contribution in [0.5, 0.6) is 0 Å². The van der Waals surface area contributed by atoms with E-state index in [-0.39, 0.29) is 0 Å². The molecule has 0 spiro atoms. The van der Waals surface area contributed by atoms with Crippen LogP contribution in [0, 0.1) is 0 Å². The molecule has 1 aliphatic rings. The van der Waals surface area contributed by atoms with Gasteiger partial charge in [-0.2, -0.15) is 0 Å². The molecule has 1 fully saturated rings. The number of nitrogens with zero attached hydrogens (tertiary/aromatic N) is 4. The summed E-state index contributed by atoms with van der Waals surface area (Å²) in [7, 11) is 5.72. The number of ether oxygens (including phenoxy) is 1. The smallest absolute Gasteiger partial charge is 0.158 e. The Morgan fingerprint density at radius 1 is 1.40 bits per heavy atom. The number of nitrogens with one attached hydrogen (secondary N) is 1. The summed E-state index contributed by atoms with van der Waals surface area (Å²) in [6.07, 6.45) is 1.15. The Bertz CT molecular complexity index is 440. The first-order valence-corrected chi connectivity index (χ1v) is 7.14. The summed E-state index contributed by atoms with van der Waals surface area (Å²) < 4.78 is 5.16. The zero-order chi connectivity index (χ0) is 14.5. The molecule has 6 heteroatoms. The lowest BCUT2D eigenvalue weighted by Crippen LogP contribution is -2.38. The molecule has 112 valence electrons. The van der Waals surface area contributed by atoms with Gasteiger partial charge in [-0.3, -0.25) is 0 Å². The maximum atomic E-state index is 5.16. The fourth-order valence-corrected chi connectivity index (χ4v) is 2.66. The van der Waals surface area contributed by atoms with Crippen molar-refractivity contribution in [2.24, 2.45) is 0 Å². The third-order valence-corrected chi connectivity index (χ3v) is 3.63. The zero-order valence-electron chi connectivity index (χ0n) is 12.9. The Labute approximate surface area is 121 Å². The fraction of sp³-hybridized carbons (Fsp3) is 0.714. The molecule has 0 bridgehead atoms. The molecule has 1 unspecified atom stereocenters. The molecule has 2 heterocycles. The highest BCUT2D eigenvalue weighted by Crippen LogP contribution is 2.21. The van der Waals surface area contributed by atoms with Crippen molar-refractivity contribution in [1.29, 1.82) is 0 Å². The molecule has 0 aliphatic carbocycles. The minimum absolute atomic E-state index is 0.435. The monoisotopic (exact) mass is 279 g/mol. The third-order valence-electron chi connectivity index (χ3n) is 3.63. The third kappa shape index (κ3) is 3.58. The van der Waals surface area contributed by atoms with Gasteiger partial charge >= 0.3 is 0 Å². The average molecular weight is 279 g/mol. The maximum absolute atomic E-state index is 5.16. The van der Waals surface area contributed by atoms with E-state index in [0.29, 0.717) is 12.6 Å². The minimum Gasteiger partial charge on any atom is -0.377 e. The fourth-order valence-electron chi connectivity index (χ4n) is 2.66. The van der Waals surface area contributed by atoms with Crippen molar-refractivity contribution < 1.29 is 4.74 Å². The molecule has 0 aromatic carbocycles. The second kappa shape index (κ2) is 6.85. The van der Waals surface area contributed by atoms with Gasteiger partial charge in [-0.1, -0.05) is 0 Å². The Kier molecular flexibility index (Phi) is 5.14. The molecule has 0 radical (unpaired) electrons. The Hall–Kier alpha value is -1.40. The second-order valence-electron chi connectivity index (χ2n) is 5.37. The van der Waals surface area contributed by atoms with Gasteiger partial charge in [0.1, 0.15) is 18.2 Å². The number of hydrogen-bond acceptors (Lipinski definition) is 6. The van der Waals surface area contributed by atoms with Gasteiger partial charge in [0, 0.05) is 39.4 Å². The highest BCUT2D eigenvalue weighted by atomic mass is 16.5. The maximum Gasteiger partial charge on any atom is 0.158 e. The Balaban J connectivity index is 2.27. The van der Waals surface area contributed by atoms with Gasteiger partial charge in [0.05, 0.1) is 0 Å². The lowest BCUT2D eigenvalue weighted by atomic mass is 10.2. The van der Waals surface area contributed by atoms with Gasteiger partial charge in [0.15, 0.2) is 5.82 Å². The summed E-state index contributed by atoms with van der Waals surface area (Å²) in [4.78, 5) is 13.8. The molecule has 1 aliphatic heterocycles. The van der Waals surface area contributed by atoms with Gasteiger partial charge < -0.3 is 19.9 Å². The van der Waals surface area contributed by atoms with Crippen LogP contribution in [-0.2, 0) is 11.3 Å². The van der Waals surface area contributed by atoms with E-state index in [1.807, 2.05) is 13.1 Å². The van der Waals surface area contributed by atoms with E-state index < -0.39 is 0 Å².